The molecule has 0 radical (unpaired) electrons. The Morgan fingerprint density at radius 3 is 2.23 bits per heavy atom. The molecule has 1 aliphatic heterocycles. The summed E-state index contributed by atoms with van der Waals surface area (Å²) in [5.41, 5.74) is 0. The summed E-state index contributed by atoms with van der Waals surface area (Å²) in [6.45, 7) is 2.92. The van der Waals surface area contributed by atoms with E-state index in [2.05, 4.69) is 5.32 Å². The molecule has 1 rings (SSSR count). The van der Waals surface area contributed by atoms with Crippen molar-refractivity contribution >= 4 is 5.91 Å². The standard InChI is InChI=1S/C17H33NO8/c1-3-10(20)14(22)9(18-13(21)4-2)6-5-7-11-15(23)17(25)16(24)12(8-19)26-11/h9-12,14-17,19-20,22-25H,3-8H2,1-2H3,(H,18,21)/t9-,10+,11+,12?,14-,15?,16-,17+/m0/s1. The molecule has 1 fully saturated rings. The van der Waals surface area contributed by atoms with Crippen molar-refractivity contribution in [3.05, 3.63) is 0 Å². The van der Waals surface area contributed by atoms with Crippen molar-refractivity contribution in [3.8, 4) is 0 Å². The zero-order valence-electron chi connectivity index (χ0n) is 15.4. The van der Waals surface area contributed by atoms with E-state index < -0.39 is 55.4 Å². The van der Waals surface area contributed by atoms with Crippen LogP contribution in [-0.4, -0.2) is 91.9 Å². The Kier molecular flexibility index (Phi) is 9.94. The molecule has 9 nitrogen and oxygen atoms in total. The molecule has 0 aromatic rings. The molecule has 8 atom stereocenters. The van der Waals surface area contributed by atoms with Gasteiger partial charge in [-0.25, -0.2) is 0 Å². The van der Waals surface area contributed by atoms with E-state index in [1.807, 2.05) is 0 Å². The summed E-state index contributed by atoms with van der Waals surface area (Å²) in [5, 5.41) is 61.5. The highest BCUT2D eigenvalue weighted by atomic mass is 16.5. The molecule has 0 bridgehead atoms. The molecule has 154 valence electrons. The molecule has 0 aromatic carbocycles. The average molecular weight is 379 g/mol. The maximum Gasteiger partial charge on any atom is 0.220 e. The number of carbonyl (C=O) groups is 1. The fourth-order valence-corrected chi connectivity index (χ4v) is 3.10. The van der Waals surface area contributed by atoms with E-state index in [4.69, 9.17) is 4.74 Å². The highest BCUT2D eigenvalue weighted by molar-refractivity contribution is 5.75. The van der Waals surface area contributed by atoms with Crippen molar-refractivity contribution in [2.75, 3.05) is 6.61 Å². The van der Waals surface area contributed by atoms with Crippen LogP contribution in [0.5, 0.6) is 0 Å². The average Bonchev–Trinajstić information content (AvgIpc) is 2.65. The highest BCUT2D eigenvalue weighted by Crippen LogP contribution is 2.25. The van der Waals surface area contributed by atoms with Gasteiger partial charge >= 0.3 is 0 Å². The molecule has 26 heavy (non-hydrogen) atoms. The predicted octanol–water partition coefficient (Wildman–Crippen LogP) is -1.97. The van der Waals surface area contributed by atoms with E-state index in [0.717, 1.165) is 0 Å². The van der Waals surface area contributed by atoms with E-state index >= 15 is 0 Å². The normalized spacial score (nSPS) is 32.7. The van der Waals surface area contributed by atoms with Crippen LogP contribution in [-0.2, 0) is 9.53 Å². The number of hydrogen-bond acceptors (Lipinski definition) is 8. The van der Waals surface area contributed by atoms with Gasteiger partial charge in [-0.05, 0) is 25.7 Å². The minimum absolute atomic E-state index is 0.245. The summed E-state index contributed by atoms with van der Waals surface area (Å²) >= 11 is 0. The van der Waals surface area contributed by atoms with Crippen molar-refractivity contribution in [2.24, 2.45) is 0 Å². The molecule has 0 saturated carbocycles. The summed E-state index contributed by atoms with van der Waals surface area (Å²) < 4.78 is 5.43. The van der Waals surface area contributed by atoms with Gasteiger partial charge in [-0.3, -0.25) is 4.79 Å². The van der Waals surface area contributed by atoms with Crippen LogP contribution in [0.1, 0.15) is 46.0 Å². The summed E-state index contributed by atoms with van der Waals surface area (Å²) in [7, 11) is 0. The van der Waals surface area contributed by atoms with Gasteiger partial charge < -0.3 is 40.7 Å². The number of aliphatic hydroxyl groups excluding tert-OH is 6. The van der Waals surface area contributed by atoms with Gasteiger partial charge in [0.05, 0.1) is 31.0 Å². The first-order valence-electron chi connectivity index (χ1n) is 9.22. The molecule has 9 heteroatoms. The molecule has 0 aliphatic carbocycles. The van der Waals surface area contributed by atoms with Crippen LogP contribution in [0.4, 0.5) is 0 Å². The molecule has 1 aliphatic rings. The third-order valence-corrected chi connectivity index (χ3v) is 4.89. The Labute approximate surface area is 153 Å². The summed E-state index contributed by atoms with van der Waals surface area (Å²) in [5.74, 6) is -0.245. The lowest BCUT2D eigenvalue weighted by Gasteiger charge is -2.40. The highest BCUT2D eigenvalue weighted by Gasteiger charge is 2.43. The second-order valence-electron chi connectivity index (χ2n) is 6.79. The van der Waals surface area contributed by atoms with Crippen LogP contribution in [0.2, 0.25) is 0 Å². The fraction of sp³-hybridized carbons (Fsp3) is 0.941. The van der Waals surface area contributed by atoms with Gasteiger partial charge in [0, 0.05) is 6.42 Å². The zero-order valence-corrected chi connectivity index (χ0v) is 15.4. The van der Waals surface area contributed by atoms with Crippen LogP contribution >= 0.6 is 0 Å². The number of aliphatic hydroxyl groups is 6. The van der Waals surface area contributed by atoms with Crippen LogP contribution in [0, 0.1) is 0 Å². The number of amides is 1. The number of nitrogens with one attached hydrogen (secondary N) is 1. The van der Waals surface area contributed by atoms with Crippen molar-refractivity contribution in [2.45, 2.75) is 94.7 Å². The number of ether oxygens (including phenoxy) is 1. The van der Waals surface area contributed by atoms with E-state index in [1.54, 1.807) is 13.8 Å². The monoisotopic (exact) mass is 379 g/mol. The van der Waals surface area contributed by atoms with Gasteiger partial charge in [0.1, 0.15) is 24.4 Å². The lowest BCUT2D eigenvalue weighted by Crippen LogP contribution is -2.58. The number of rotatable bonds is 10. The van der Waals surface area contributed by atoms with Crippen molar-refractivity contribution in [1.82, 2.24) is 5.32 Å². The van der Waals surface area contributed by atoms with E-state index in [9.17, 15) is 35.4 Å². The first-order valence-corrected chi connectivity index (χ1v) is 9.22. The Balaban J connectivity index is 2.63. The molecule has 7 N–H and O–H groups in total. The third-order valence-electron chi connectivity index (χ3n) is 4.89. The van der Waals surface area contributed by atoms with Crippen LogP contribution in [0.25, 0.3) is 0 Å². The largest absolute Gasteiger partial charge is 0.394 e. The topological polar surface area (TPSA) is 160 Å². The Hall–Kier alpha value is -0.810. The minimum atomic E-state index is -1.42. The zero-order chi connectivity index (χ0) is 19.9. The minimum Gasteiger partial charge on any atom is -0.394 e. The van der Waals surface area contributed by atoms with Crippen LogP contribution < -0.4 is 5.32 Å². The van der Waals surface area contributed by atoms with Gasteiger partial charge in [0.2, 0.25) is 5.91 Å². The molecule has 1 saturated heterocycles. The first kappa shape index (κ1) is 23.2. The van der Waals surface area contributed by atoms with Gasteiger partial charge in [0.15, 0.2) is 0 Å². The van der Waals surface area contributed by atoms with Crippen molar-refractivity contribution in [3.63, 3.8) is 0 Å². The molecular formula is C17H33NO8. The predicted molar refractivity (Wildman–Crippen MR) is 92.1 cm³/mol. The Morgan fingerprint density at radius 1 is 1.08 bits per heavy atom. The maximum atomic E-state index is 11.7. The van der Waals surface area contributed by atoms with Crippen molar-refractivity contribution in [1.29, 1.82) is 0 Å². The molecular weight excluding hydrogens is 346 g/mol. The quantitative estimate of drug-likeness (QED) is 0.230. The van der Waals surface area contributed by atoms with E-state index in [-0.39, 0.29) is 18.7 Å². The number of hydrogen-bond donors (Lipinski definition) is 7. The Morgan fingerprint density at radius 2 is 1.69 bits per heavy atom. The lowest BCUT2D eigenvalue weighted by atomic mass is 9.91. The van der Waals surface area contributed by atoms with Crippen molar-refractivity contribution < 1.29 is 40.2 Å². The second-order valence-corrected chi connectivity index (χ2v) is 6.79. The maximum absolute atomic E-state index is 11.7. The fourth-order valence-electron chi connectivity index (χ4n) is 3.10. The third kappa shape index (κ3) is 6.12. The summed E-state index contributed by atoms with van der Waals surface area (Å²) in [6, 6.07) is -0.651. The van der Waals surface area contributed by atoms with Gasteiger partial charge in [-0.2, -0.15) is 0 Å². The molecule has 0 spiro atoms. The number of carbonyl (C=O) groups excluding carboxylic acids is 1. The smallest absolute Gasteiger partial charge is 0.220 e. The first-order chi connectivity index (χ1) is 12.3. The Bertz CT molecular complexity index is 422. The SMILES string of the molecule is CCC(=O)N[C@@H](CCC[C@H]1OC(CO)[C@H](O)[C@H](O)C1O)[C@H](O)[C@H](O)CC. The summed E-state index contributed by atoms with van der Waals surface area (Å²) in [4.78, 5) is 11.7. The lowest BCUT2D eigenvalue weighted by molar-refractivity contribution is -0.230. The summed E-state index contributed by atoms with van der Waals surface area (Å²) in [6.07, 6.45) is -6.33. The molecule has 0 aromatic heterocycles. The van der Waals surface area contributed by atoms with Gasteiger partial charge in [0.25, 0.3) is 0 Å². The second kappa shape index (κ2) is 11.1. The van der Waals surface area contributed by atoms with Crippen LogP contribution in [0.3, 0.4) is 0 Å². The molecule has 1 heterocycles. The van der Waals surface area contributed by atoms with Gasteiger partial charge in [-0.15, -0.1) is 0 Å². The van der Waals surface area contributed by atoms with Gasteiger partial charge in [-0.1, -0.05) is 13.8 Å². The van der Waals surface area contributed by atoms with Crippen LogP contribution in [0.15, 0.2) is 0 Å². The van der Waals surface area contributed by atoms with E-state index in [1.165, 1.54) is 0 Å². The molecule has 2 unspecified atom stereocenters. The molecule has 1 amide bonds. The van der Waals surface area contributed by atoms with E-state index in [0.29, 0.717) is 19.3 Å².